The number of fused-ring (bicyclic) bond motifs is 1. The summed E-state index contributed by atoms with van der Waals surface area (Å²) in [5.41, 5.74) is 3.45. The van der Waals surface area contributed by atoms with Crippen LogP contribution in [0.15, 0.2) is 42.5 Å². The second-order valence-electron chi connectivity index (χ2n) is 7.68. The van der Waals surface area contributed by atoms with Crippen LogP contribution in [0.3, 0.4) is 0 Å². The number of para-hydroxylation sites is 1. The van der Waals surface area contributed by atoms with Crippen LogP contribution in [0.25, 0.3) is 0 Å². The van der Waals surface area contributed by atoms with Crippen LogP contribution in [0.4, 0.5) is 5.69 Å². The van der Waals surface area contributed by atoms with Crippen LogP contribution in [0.5, 0.6) is 5.75 Å². The smallest absolute Gasteiger partial charge is 0.339 e. The Labute approximate surface area is 176 Å². The van der Waals surface area contributed by atoms with Crippen molar-refractivity contribution in [1.82, 2.24) is 9.80 Å². The molecule has 4 rings (SSSR count). The molecule has 7 heteroatoms. The van der Waals surface area contributed by atoms with Crippen LogP contribution in [0, 0.1) is 0 Å². The molecule has 0 saturated carbocycles. The quantitative estimate of drug-likeness (QED) is 0.738. The maximum atomic E-state index is 12.5. The first-order valence-electron chi connectivity index (χ1n) is 10.3. The van der Waals surface area contributed by atoms with E-state index >= 15 is 0 Å². The number of carbonyl (C=O) groups excluding carboxylic acids is 2. The van der Waals surface area contributed by atoms with E-state index in [4.69, 9.17) is 9.47 Å². The van der Waals surface area contributed by atoms with E-state index in [2.05, 4.69) is 33.3 Å². The summed E-state index contributed by atoms with van der Waals surface area (Å²) in [6.07, 6.45) is 0.991. The highest BCUT2D eigenvalue weighted by molar-refractivity contribution is 6.01. The van der Waals surface area contributed by atoms with Gasteiger partial charge in [-0.25, -0.2) is 4.79 Å². The van der Waals surface area contributed by atoms with Gasteiger partial charge in [0.15, 0.2) is 0 Å². The average molecular weight is 409 g/mol. The van der Waals surface area contributed by atoms with Gasteiger partial charge in [0.25, 0.3) is 0 Å². The number of anilines is 1. The van der Waals surface area contributed by atoms with Crippen molar-refractivity contribution in [1.29, 1.82) is 0 Å². The van der Waals surface area contributed by atoms with E-state index in [0.29, 0.717) is 17.8 Å². The molecule has 0 bridgehead atoms. The van der Waals surface area contributed by atoms with Crippen LogP contribution in [0.2, 0.25) is 0 Å². The van der Waals surface area contributed by atoms with Crippen LogP contribution >= 0.6 is 0 Å². The number of rotatable bonds is 6. The van der Waals surface area contributed by atoms with Crippen molar-refractivity contribution in [3.8, 4) is 5.75 Å². The van der Waals surface area contributed by atoms with Gasteiger partial charge in [-0.3, -0.25) is 14.6 Å². The summed E-state index contributed by atoms with van der Waals surface area (Å²) in [5, 5.41) is 2.84. The minimum absolute atomic E-state index is 0.126. The third-order valence-corrected chi connectivity index (χ3v) is 5.60. The number of hydrogen-bond donors (Lipinski definition) is 1. The molecule has 0 aliphatic carbocycles. The summed E-state index contributed by atoms with van der Waals surface area (Å²) < 4.78 is 10.4. The van der Waals surface area contributed by atoms with Gasteiger partial charge in [0.05, 0.1) is 31.5 Å². The second kappa shape index (κ2) is 9.28. The molecule has 0 aromatic heterocycles. The van der Waals surface area contributed by atoms with E-state index in [9.17, 15) is 9.59 Å². The molecule has 1 N–H and O–H groups in total. The number of nitrogens with zero attached hydrogens (tertiary/aromatic N) is 2. The number of hydrogen-bond acceptors (Lipinski definition) is 6. The van der Waals surface area contributed by atoms with E-state index in [1.807, 2.05) is 0 Å². The van der Waals surface area contributed by atoms with Gasteiger partial charge in [-0.05, 0) is 29.3 Å². The van der Waals surface area contributed by atoms with E-state index in [0.717, 1.165) is 51.5 Å². The van der Waals surface area contributed by atoms with Crippen LogP contribution in [-0.4, -0.2) is 68.1 Å². The summed E-state index contributed by atoms with van der Waals surface area (Å²) in [6.45, 7) is 5.50. The molecule has 2 aliphatic heterocycles. The third kappa shape index (κ3) is 4.80. The topological polar surface area (TPSA) is 71.1 Å². The second-order valence-corrected chi connectivity index (χ2v) is 7.68. The molecule has 0 unspecified atom stereocenters. The minimum atomic E-state index is -0.461. The summed E-state index contributed by atoms with van der Waals surface area (Å²) in [5.74, 6) is 0.430. The molecule has 1 fully saturated rings. The Morgan fingerprint density at radius 1 is 1.07 bits per heavy atom. The summed E-state index contributed by atoms with van der Waals surface area (Å²) in [7, 11) is 1.33. The predicted molar refractivity (Wildman–Crippen MR) is 114 cm³/mol. The SMILES string of the molecule is COC(=O)c1ccccc1NC(=O)CN1CCN(Cc2ccc3c(c2)CCO3)CC1. The van der Waals surface area contributed by atoms with Crippen molar-refractivity contribution in [2.24, 2.45) is 0 Å². The Balaban J connectivity index is 1.26. The Kier molecular flexibility index (Phi) is 6.30. The van der Waals surface area contributed by atoms with E-state index in [-0.39, 0.29) is 5.91 Å². The van der Waals surface area contributed by atoms with E-state index in [1.165, 1.54) is 18.2 Å². The zero-order chi connectivity index (χ0) is 20.9. The third-order valence-electron chi connectivity index (χ3n) is 5.60. The Bertz CT molecular complexity index is 922. The van der Waals surface area contributed by atoms with Gasteiger partial charge in [0.1, 0.15) is 5.75 Å². The van der Waals surface area contributed by atoms with Crippen LogP contribution in [0.1, 0.15) is 21.5 Å². The fraction of sp³-hybridized carbons (Fsp3) is 0.391. The first-order valence-corrected chi connectivity index (χ1v) is 10.3. The first-order chi connectivity index (χ1) is 14.6. The maximum absolute atomic E-state index is 12.5. The molecule has 30 heavy (non-hydrogen) atoms. The molecule has 0 atom stereocenters. The lowest BCUT2D eigenvalue weighted by Crippen LogP contribution is -2.48. The van der Waals surface area contributed by atoms with Crippen molar-refractivity contribution < 1.29 is 19.1 Å². The first kappa shape index (κ1) is 20.4. The normalized spacial score (nSPS) is 16.6. The molecule has 1 saturated heterocycles. The highest BCUT2D eigenvalue weighted by Gasteiger charge is 2.21. The molecular weight excluding hydrogens is 382 g/mol. The van der Waals surface area contributed by atoms with Crippen molar-refractivity contribution >= 4 is 17.6 Å². The number of benzene rings is 2. The number of piperazine rings is 1. The van der Waals surface area contributed by atoms with Crippen molar-refractivity contribution in [3.63, 3.8) is 0 Å². The number of esters is 1. The predicted octanol–water partition coefficient (Wildman–Crippen LogP) is 2.16. The molecular formula is C23H27N3O4. The van der Waals surface area contributed by atoms with Gasteiger partial charge < -0.3 is 14.8 Å². The number of ether oxygens (including phenoxy) is 2. The van der Waals surface area contributed by atoms with Crippen LogP contribution < -0.4 is 10.1 Å². The summed E-state index contributed by atoms with van der Waals surface area (Å²) in [4.78, 5) is 28.9. The maximum Gasteiger partial charge on any atom is 0.339 e. The standard InChI is InChI=1S/C23H27N3O4/c1-29-23(28)19-4-2-3-5-20(19)24-22(27)16-26-11-9-25(10-12-26)15-17-6-7-21-18(14-17)8-13-30-21/h2-7,14H,8-13,15-16H2,1H3,(H,24,27). The molecule has 2 aromatic rings. The molecule has 1 amide bonds. The van der Waals surface area contributed by atoms with E-state index < -0.39 is 5.97 Å². The van der Waals surface area contributed by atoms with Crippen molar-refractivity contribution in [2.45, 2.75) is 13.0 Å². The van der Waals surface area contributed by atoms with Gasteiger partial charge in [-0.2, -0.15) is 0 Å². The molecule has 2 aromatic carbocycles. The number of carbonyl (C=O) groups is 2. The molecule has 2 aliphatic rings. The van der Waals surface area contributed by atoms with E-state index in [1.54, 1.807) is 24.3 Å². The van der Waals surface area contributed by atoms with Gasteiger partial charge >= 0.3 is 5.97 Å². The number of amides is 1. The molecule has 0 radical (unpaired) electrons. The average Bonchev–Trinajstić information content (AvgIpc) is 3.23. The monoisotopic (exact) mass is 409 g/mol. The van der Waals surface area contributed by atoms with Gasteiger partial charge in [0.2, 0.25) is 5.91 Å². The molecule has 0 spiro atoms. The summed E-state index contributed by atoms with van der Waals surface area (Å²) in [6, 6.07) is 13.4. The van der Waals surface area contributed by atoms with Gasteiger partial charge in [-0.1, -0.05) is 24.3 Å². The van der Waals surface area contributed by atoms with Gasteiger partial charge in [-0.15, -0.1) is 0 Å². The Morgan fingerprint density at radius 3 is 2.63 bits per heavy atom. The Hall–Kier alpha value is -2.90. The molecule has 2 heterocycles. The van der Waals surface area contributed by atoms with Crippen molar-refractivity contribution in [2.75, 3.05) is 51.8 Å². The Morgan fingerprint density at radius 2 is 1.83 bits per heavy atom. The molecule has 7 nitrogen and oxygen atoms in total. The number of nitrogens with one attached hydrogen (secondary N) is 1. The fourth-order valence-corrected chi connectivity index (χ4v) is 3.97. The largest absolute Gasteiger partial charge is 0.493 e. The lowest BCUT2D eigenvalue weighted by atomic mass is 10.1. The fourth-order valence-electron chi connectivity index (χ4n) is 3.97. The number of methoxy groups -OCH3 is 1. The summed E-state index contributed by atoms with van der Waals surface area (Å²) >= 11 is 0. The lowest BCUT2D eigenvalue weighted by molar-refractivity contribution is -0.117. The zero-order valence-corrected chi connectivity index (χ0v) is 17.2. The lowest BCUT2D eigenvalue weighted by Gasteiger charge is -2.34. The highest BCUT2D eigenvalue weighted by Crippen LogP contribution is 2.26. The minimum Gasteiger partial charge on any atom is -0.493 e. The zero-order valence-electron chi connectivity index (χ0n) is 17.2. The van der Waals surface area contributed by atoms with Crippen LogP contribution in [-0.2, 0) is 22.5 Å². The highest BCUT2D eigenvalue weighted by atomic mass is 16.5. The van der Waals surface area contributed by atoms with Crippen molar-refractivity contribution in [3.05, 3.63) is 59.2 Å². The molecule has 158 valence electrons. The van der Waals surface area contributed by atoms with Gasteiger partial charge in [0, 0.05) is 39.1 Å².